The van der Waals surface area contributed by atoms with E-state index in [0.29, 0.717) is 16.8 Å². The molecule has 108 valence electrons. The van der Waals surface area contributed by atoms with Gasteiger partial charge in [0.15, 0.2) is 16.3 Å². The Morgan fingerprint density at radius 2 is 2.14 bits per heavy atom. The van der Waals surface area contributed by atoms with Crippen molar-refractivity contribution >= 4 is 39.2 Å². The summed E-state index contributed by atoms with van der Waals surface area (Å²) in [5, 5.41) is 0. The molecule has 0 unspecified atom stereocenters. The van der Waals surface area contributed by atoms with E-state index in [1.165, 1.54) is 13.2 Å². The van der Waals surface area contributed by atoms with E-state index >= 15 is 0 Å². The number of hydrogen-bond donors (Lipinski definition) is 1. The van der Waals surface area contributed by atoms with Gasteiger partial charge in [0.25, 0.3) is 0 Å². The average Bonchev–Trinajstić information content (AvgIpc) is 2.73. The van der Waals surface area contributed by atoms with Gasteiger partial charge in [0, 0.05) is 16.6 Å². The summed E-state index contributed by atoms with van der Waals surface area (Å²) in [5.74, 6) is -0.199. The largest absolute Gasteiger partial charge is 0.494 e. The molecule has 0 aliphatic carbocycles. The van der Waals surface area contributed by atoms with E-state index < -0.39 is 5.82 Å². The number of ether oxygens (including phenoxy) is 1. The highest BCUT2D eigenvalue weighted by molar-refractivity contribution is 9.10. The van der Waals surface area contributed by atoms with Crippen LogP contribution in [0.15, 0.2) is 40.9 Å². The van der Waals surface area contributed by atoms with Crippen molar-refractivity contribution in [2.45, 2.75) is 6.54 Å². The summed E-state index contributed by atoms with van der Waals surface area (Å²) in [6.45, 7) is 0.604. The van der Waals surface area contributed by atoms with E-state index in [1.807, 2.05) is 28.8 Å². The maximum Gasteiger partial charge on any atom is 0.178 e. The molecule has 1 heterocycles. The minimum absolute atomic E-state index is 0.208. The van der Waals surface area contributed by atoms with Gasteiger partial charge in [-0.25, -0.2) is 4.39 Å². The third-order valence-corrected chi connectivity index (χ3v) is 4.09. The number of nitrogens with one attached hydrogen (secondary N) is 1. The van der Waals surface area contributed by atoms with Crippen LogP contribution in [-0.4, -0.2) is 16.7 Å². The molecule has 0 bridgehead atoms. The number of hydrogen-bond acceptors (Lipinski definition) is 2. The molecule has 0 saturated heterocycles. The molecule has 6 heteroatoms. The van der Waals surface area contributed by atoms with Gasteiger partial charge in [0.05, 0.1) is 24.7 Å². The smallest absolute Gasteiger partial charge is 0.178 e. The van der Waals surface area contributed by atoms with Crippen LogP contribution in [0.5, 0.6) is 5.75 Å². The molecule has 0 spiro atoms. The molecule has 3 aromatic rings. The van der Waals surface area contributed by atoms with Gasteiger partial charge in [-0.15, -0.1) is 0 Å². The summed E-state index contributed by atoms with van der Waals surface area (Å²) in [4.78, 5) is 3.02. The molecule has 0 saturated carbocycles. The molecule has 0 aliphatic heterocycles. The van der Waals surface area contributed by atoms with E-state index in [0.717, 1.165) is 15.6 Å². The fourth-order valence-electron chi connectivity index (χ4n) is 2.29. The number of imidazole rings is 1. The minimum atomic E-state index is -0.407. The first-order valence-electron chi connectivity index (χ1n) is 6.29. The first-order chi connectivity index (χ1) is 10.1. The van der Waals surface area contributed by atoms with E-state index in [4.69, 9.17) is 17.0 Å². The number of halogens is 2. The van der Waals surface area contributed by atoms with Gasteiger partial charge >= 0.3 is 0 Å². The van der Waals surface area contributed by atoms with Gasteiger partial charge in [-0.3, -0.25) is 0 Å². The molecule has 0 fully saturated rings. The Kier molecular flexibility index (Phi) is 3.82. The lowest BCUT2D eigenvalue weighted by Gasteiger charge is -2.07. The van der Waals surface area contributed by atoms with Crippen LogP contribution in [0.1, 0.15) is 5.56 Å². The Labute approximate surface area is 134 Å². The SMILES string of the molecule is COc1cc2c(cc1F)[nH]c(=S)n2Cc1cccc(Br)c1. The highest BCUT2D eigenvalue weighted by atomic mass is 79.9. The molecule has 1 N–H and O–H groups in total. The number of methoxy groups -OCH3 is 1. The molecule has 1 aromatic heterocycles. The number of H-pyrrole nitrogens is 1. The lowest BCUT2D eigenvalue weighted by atomic mass is 10.2. The van der Waals surface area contributed by atoms with Crippen LogP contribution in [0.4, 0.5) is 4.39 Å². The first-order valence-corrected chi connectivity index (χ1v) is 7.49. The summed E-state index contributed by atoms with van der Waals surface area (Å²) < 4.78 is 22.3. The third-order valence-electron chi connectivity index (χ3n) is 3.28. The van der Waals surface area contributed by atoms with Crippen molar-refractivity contribution < 1.29 is 9.13 Å². The zero-order valence-electron chi connectivity index (χ0n) is 11.2. The van der Waals surface area contributed by atoms with Crippen molar-refractivity contribution in [1.29, 1.82) is 0 Å². The summed E-state index contributed by atoms with van der Waals surface area (Å²) in [7, 11) is 1.45. The van der Waals surface area contributed by atoms with E-state index in [9.17, 15) is 4.39 Å². The van der Waals surface area contributed by atoms with Gasteiger partial charge < -0.3 is 14.3 Å². The van der Waals surface area contributed by atoms with Crippen molar-refractivity contribution in [3.05, 3.63) is 57.0 Å². The van der Waals surface area contributed by atoms with Gasteiger partial charge in [0.2, 0.25) is 0 Å². The Hall–Kier alpha value is -1.66. The standard InChI is InChI=1S/C15H12BrFN2OS/c1-20-14-7-13-12(6-11(14)17)18-15(21)19(13)8-9-3-2-4-10(16)5-9/h2-7H,8H2,1H3,(H,18,21). The average molecular weight is 367 g/mol. The summed E-state index contributed by atoms with van der Waals surface area (Å²) in [6.07, 6.45) is 0. The molecule has 2 aromatic carbocycles. The van der Waals surface area contributed by atoms with E-state index in [2.05, 4.69) is 20.9 Å². The Balaban J connectivity index is 2.13. The molecule has 0 amide bonds. The van der Waals surface area contributed by atoms with Crippen LogP contribution in [0.2, 0.25) is 0 Å². The number of benzene rings is 2. The fourth-order valence-corrected chi connectivity index (χ4v) is 3.01. The van der Waals surface area contributed by atoms with Crippen LogP contribution < -0.4 is 4.74 Å². The zero-order chi connectivity index (χ0) is 15.0. The Morgan fingerprint density at radius 3 is 2.86 bits per heavy atom. The van der Waals surface area contributed by atoms with Crippen molar-refractivity contribution in [1.82, 2.24) is 9.55 Å². The lowest BCUT2D eigenvalue weighted by molar-refractivity contribution is 0.387. The third kappa shape index (κ3) is 2.73. The maximum atomic E-state index is 13.7. The highest BCUT2D eigenvalue weighted by Crippen LogP contribution is 2.25. The first kappa shape index (κ1) is 14.3. The second-order valence-electron chi connectivity index (χ2n) is 4.65. The van der Waals surface area contributed by atoms with E-state index in [1.54, 1.807) is 6.07 Å². The van der Waals surface area contributed by atoms with E-state index in [-0.39, 0.29) is 5.75 Å². The summed E-state index contributed by atoms with van der Waals surface area (Å²) in [6, 6.07) is 11.1. The Bertz CT molecular complexity index is 872. The molecule has 21 heavy (non-hydrogen) atoms. The molecular weight excluding hydrogens is 355 g/mol. The second kappa shape index (κ2) is 5.61. The second-order valence-corrected chi connectivity index (χ2v) is 5.95. The monoisotopic (exact) mass is 366 g/mol. The van der Waals surface area contributed by atoms with Crippen LogP contribution in [0.3, 0.4) is 0 Å². The predicted octanol–water partition coefficient (Wildman–Crippen LogP) is 4.66. The highest BCUT2D eigenvalue weighted by Gasteiger charge is 2.11. The van der Waals surface area contributed by atoms with Crippen LogP contribution in [-0.2, 0) is 6.54 Å². The van der Waals surface area contributed by atoms with Gasteiger partial charge in [-0.2, -0.15) is 0 Å². The van der Waals surface area contributed by atoms with Crippen molar-refractivity contribution in [3.8, 4) is 5.75 Å². The molecule has 0 atom stereocenters. The lowest BCUT2D eigenvalue weighted by Crippen LogP contribution is -2.00. The number of rotatable bonds is 3. The summed E-state index contributed by atoms with van der Waals surface area (Å²) >= 11 is 8.79. The topological polar surface area (TPSA) is 29.9 Å². The van der Waals surface area contributed by atoms with Gasteiger partial charge in [-0.05, 0) is 29.9 Å². The number of aromatic amines is 1. The zero-order valence-corrected chi connectivity index (χ0v) is 13.6. The Morgan fingerprint density at radius 1 is 1.33 bits per heavy atom. The number of fused-ring (bicyclic) bond motifs is 1. The molecule has 0 aliphatic rings. The predicted molar refractivity (Wildman–Crippen MR) is 86.9 cm³/mol. The molecular formula is C15H12BrFN2OS. The number of nitrogens with zero attached hydrogens (tertiary/aromatic N) is 1. The summed E-state index contributed by atoms with van der Waals surface area (Å²) in [5.41, 5.74) is 2.58. The minimum Gasteiger partial charge on any atom is -0.494 e. The van der Waals surface area contributed by atoms with Gasteiger partial charge in [-0.1, -0.05) is 28.1 Å². The molecule has 0 radical (unpaired) electrons. The van der Waals surface area contributed by atoms with Gasteiger partial charge in [0.1, 0.15) is 0 Å². The normalized spacial score (nSPS) is 11.0. The number of aromatic nitrogens is 2. The van der Waals surface area contributed by atoms with Crippen molar-refractivity contribution in [3.63, 3.8) is 0 Å². The molecule has 3 nitrogen and oxygen atoms in total. The van der Waals surface area contributed by atoms with Crippen LogP contribution in [0, 0.1) is 10.6 Å². The maximum absolute atomic E-state index is 13.7. The van der Waals surface area contributed by atoms with Crippen molar-refractivity contribution in [2.24, 2.45) is 0 Å². The van der Waals surface area contributed by atoms with Crippen molar-refractivity contribution in [2.75, 3.05) is 7.11 Å². The van der Waals surface area contributed by atoms with Crippen LogP contribution >= 0.6 is 28.1 Å². The quantitative estimate of drug-likeness (QED) is 0.683. The fraction of sp³-hybridized carbons (Fsp3) is 0.133. The molecule has 3 rings (SSSR count). The van der Waals surface area contributed by atoms with Crippen LogP contribution in [0.25, 0.3) is 11.0 Å².